The van der Waals surface area contributed by atoms with Crippen molar-refractivity contribution in [2.75, 3.05) is 7.05 Å². The van der Waals surface area contributed by atoms with Gasteiger partial charge in [0, 0.05) is 18.7 Å². The Balaban J connectivity index is 1.33. The summed E-state index contributed by atoms with van der Waals surface area (Å²) < 4.78 is 0. The van der Waals surface area contributed by atoms with E-state index in [1.807, 2.05) is 13.3 Å². The maximum atomic E-state index is 4.26. The van der Waals surface area contributed by atoms with Crippen molar-refractivity contribution in [2.45, 2.75) is 19.3 Å². The molecule has 0 aliphatic heterocycles. The van der Waals surface area contributed by atoms with Crippen LogP contribution in [-0.4, -0.2) is 13.3 Å². The summed E-state index contributed by atoms with van der Waals surface area (Å²) in [6, 6.07) is 51.4. The smallest absolute Gasteiger partial charge is 0.0281 e. The Labute approximate surface area is 259 Å². The minimum Gasteiger partial charge on any atom is -0.296 e. The topological polar surface area (TPSA) is 12.4 Å². The molecule has 1 aliphatic carbocycles. The summed E-state index contributed by atoms with van der Waals surface area (Å²) in [5, 5.41) is 5.12. The molecule has 1 heteroatoms. The second kappa shape index (κ2) is 10.2. The largest absolute Gasteiger partial charge is 0.296 e. The summed E-state index contributed by atoms with van der Waals surface area (Å²) in [7, 11) is 1.83. The molecule has 0 fully saturated rings. The van der Waals surface area contributed by atoms with E-state index >= 15 is 0 Å². The van der Waals surface area contributed by atoms with E-state index in [0.717, 1.165) is 5.56 Å². The van der Waals surface area contributed by atoms with E-state index in [0.29, 0.717) is 0 Å². The Hall–Kier alpha value is -5.27. The van der Waals surface area contributed by atoms with Gasteiger partial charge in [-0.25, -0.2) is 0 Å². The predicted octanol–water partition coefficient (Wildman–Crippen LogP) is 11.3. The first kappa shape index (κ1) is 26.4. The number of nitrogens with zero attached hydrogens (tertiary/aromatic N) is 1. The first-order valence-electron chi connectivity index (χ1n) is 15.4. The van der Waals surface area contributed by atoms with Crippen LogP contribution in [0.5, 0.6) is 0 Å². The molecule has 1 aliphatic rings. The lowest BCUT2D eigenvalue weighted by atomic mass is 9.80. The minimum absolute atomic E-state index is 0.107. The predicted molar refractivity (Wildman–Crippen MR) is 189 cm³/mol. The Morgan fingerprint density at radius 2 is 0.909 bits per heavy atom. The lowest BCUT2D eigenvalue weighted by Crippen LogP contribution is -2.15. The van der Waals surface area contributed by atoms with Crippen molar-refractivity contribution in [1.82, 2.24) is 0 Å². The van der Waals surface area contributed by atoms with Crippen LogP contribution in [0, 0.1) is 0 Å². The molecule has 0 amide bonds. The highest BCUT2D eigenvalue weighted by Gasteiger charge is 2.36. The van der Waals surface area contributed by atoms with Gasteiger partial charge < -0.3 is 0 Å². The summed E-state index contributed by atoms with van der Waals surface area (Å²) in [5.41, 5.74) is 14.0. The molecule has 7 aromatic carbocycles. The molecule has 8 rings (SSSR count). The lowest BCUT2D eigenvalue weighted by molar-refractivity contribution is 0.660. The lowest BCUT2D eigenvalue weighted by Gasteiger charge is -2.23. The van der Waals surface area contributed by atoms with Crippen molar-refractivity contribution in [3.8, 4) is 44.5 Å². The molecule has 0 radical (unpaired) electrons. The zero-order chi connectivity index (χ0) is 29.8. The van der Waals surface area contributed by atoms with Gasteiger partial charge in [-0.2, -0.15) is 0 Å². The van der Waals surface area contributed by atoms with Gasteiger partial charge in [-0.3, -0.25) is 4.99 Å². The van der Waals surface area contributed by atoms with Crippen LogP contribution in [0.2, 0.25) is 0 Å². The van der Waals surface area contributed by atoms with Gasteiger partial charge in [-0.05, 0) is 94.9 Å². The number of rotatable bonds is 4. The van der Waals surface area contributed by atoms with Crippen molar-refractivity contribution < 1.29 is 0 Å². The van der Waals surface area contributed by atoms with E-state index in [-0.39, 0.29) is 5.41 Å². The van der Waals surface area contributed by atoms with Crippen molar-refractivity contribution in [3.05, 3.63) is 156 Å². The average molecular weight is 564 g/mol. The molecule has 0 saturated carbocycles. The highest BCUT2D eigenvalue weighted by atomic mass is 14.6. The van der Waals surface area contributed by atoms with E-state index in [9.17, 15) is 0 Å². The second-order valence-electron chi connectivity index (χ2n) is 12.4. The van der Waals surface area contributed by atoms with Crippen LogP contribution in [-0.2, 0) is 5.41 Å². The molecule has 44 heavy (non-hydrogen) atoms. The summed E-state index contributed by atoms with van der Waals surface area (Å²) in [5.74, 6) is 0. The van der Waals surface area contributed by atoms with Crippen LogP contribution in [0.1, 0.15) is 30.5 Å². The molecule has 0 bridgehead atoms. The Morgan fingerprint density at radius 3 is 1.50 bits per heavy atom. The Bertz CT molecular complexity index is 2180. The average Bonchev–Trinajstić information content (AvgIpc) is 3.29. The van der Waals surface area contributed by atoms with E-state index < -0.39 is 0 Å². The van der Waals surface area contributed by atoms with Gasteiger partial charge in [0.25, 0.3) is 0 Å². The fourth-order valence-corrected chi connectivity index (χ4v) is 7.35. The summed E-state index contributed by atoms with van der Waals surface area (Å²) in [6.45, 7) is 4.71. The SMILES string of the molecule is CN=Cc1ccc2c(c1)C(C)(C)c1cc(-c3c4ccccc4c(-c4ccc(-c5ccccc5)cc4)c4ccccc34)ccc1-2. The molecular weight excluding hydrogens is 530 g/mol. The molecule has 210 valence electrons. The maximum absolute atomic E-state index is 4.26. The van der Waals surface area contributed by atoms with Crippen LogP contribution in [0.25, 0.3) is 66.1 Å². The first-order valence-corrected chi connectivity index (χ1v) is 15.4. The molecule has 0 heterocycles. The number of aliphatic imine (C=N–C) groups is 1. The Morgan fingerprint density at radius 1 is 0.455 bits per heavy atom. The van der Waals surface area contributed by atoms with Crippen molar-refractivity contribution in [1.29, 1.82) is 0 Å². The van der Waals surface area contributed by atoms with E-state index in [2.05, 4.69) is 158 Å². The molecular formula is C43H33N. The molecule has 0 N–H and O–H groups in total. The second-order valence-corrected chi connectivity index (χ2v) is 12.4. The fourth-order valence-electron chi connectivity index (χ4n) is 7.35. The fraction of sp³-hybridized carbons (Fsp3) is 0.0930. The standard InChI is InChI=1S/C43H33N/c1-43(2)39-25-28(27-44-3)17-23-33(39)34-24-22-32(26-40(34)43)42-37-15-9-7-13-35(37)41(36-14-8-10-16-38(36)42)31-20-18-30(19-21-31)29-11-5-4-6-12-29/h4-27H,1-3H3. The quantitative estimate of drug-likeness (QED) is 0.149. The van der Waals surface area contributed by atoms with Crippen LogP contribution in [0.3, 0.4) is 0 Å². The highest BCUT2D eigenvalue weighted by molar-refractivity contribution is 6.21. The van der Waals surface area contributed by atoms with Gasteiger partial charge in [0.05, 0.1) is 0 Å². The zero-order valence-corrected chi connectivity index (χ0v) is 25.3. The number of fused-ring (bicyclic) bond motifs is 5. The number of benzene rings is 7. The van der Waals surface area contributed by atoms with Crippen molar-refractivity contribution in [3.63, 3.8) is 0 Å². The van der Waals surface area contributed by atoms with Crippen LogP contribution >= 0.6 is 0 Å². The minimum atomic E-state index is -0.107. The van der Waals surface area contributed by atoms with E-state index in [1.54, 1.807) is 0 Å². The van der Waals surface area contributed by atoms with Gasteiger partial charge >= 0.3 is 0 Å². The van der Waals surface area contributed by atoms with Gasteiger partial charge in [0.1, 0.15) is 0 Å². The normalized spacial score (nSPS) is 13.4. The van der Waals surface area contributed by atoms with Crippen molar-refractivity contribution >= 4 is 27.8 Å². The zero-order valence-electron chi connectivity index (χ0n) is 25.3. The van der Waals surface area contributed by atoms with Gasteiger partial charge in [0.15, 0.2) is 0 Å². The van der Waals surface area contributed by atoms with Crippen LogP contribution in [0.15, 0.2) is 145 Å². The number of hydrogen-bond donors (Lipinski definition) is 0. The summed E-state index contributed by atoms with van der Waals surface area (Å²) in [6.07, 6.45) is 1.94. The van der Waals surface area contributed by atoms with Crippen LogP contribution in [0.4, 0.5) is 0 Å². The van der Waals surface area contributed by atoms with Crippen LogP contribution < -0.4 is 0 Å². The van der Waals surface area contributed by atoms with E-state index in [4.69, 9.17) is 0 Å². The molecule has 7 aromatic rings. The van der Waals surface area contributed by atoms with Gasteiger partial charge in [-0.15, -0.1) is 0 Å². The molecule has 1 nitrogen and oxygen atoms in total. The summed E-state index contributed by atoms with van der Waals surface area (Å²) >= 11 is 0. The highest BCUT2D eigenvalue weighted by Crippen LogP contribution is 2.51. The molecule has 0 unspecified atom stereocenters. The molecule has 0 aromatic heterocycles. The molecule has 0 spiro atoms. The Kier molecular flexibility index (Phi) is 6.10. The number of hydrogen-bond acceptors (Lipinski definition) is 1. The van der Waals surface area contributed by atoms with Gasteiger partial charge in [0.2, 0.25) is 0 Å². The van der Waals surface area contributed by atoms with E-state index in [1.165, 1.54) is 77.2 Å². The first-order chi connectivity index (χ1) is 21.5. The third-order valence-corrected chi connectivity index (χ3v) is 9.48. The molecule has 0 atom stereocenters. The van der Waals surface area contributed by atoms with Crippen molar-refractivity contribution in [2.24, 2.45) is 4.99 Å². The van der Waals surface area contributed by atoms with Gasteiger partial charge in [-0.1, -0.05) is 141 Å². The maximum Gasteiger partial charge on any atom is 0.0281 e. The monoisotopic (exact) mass is 563 g/mol. The third kappa shape index (κ3) is 4.04. The summed E-state index contributed by atoms with van der Waals surface area (Å²) in [4.78, 5) is 4.26. The third-order valence-electron chi connectivity index (χ3n) is 9.48. The molecule has 0 saturated heterocycles.